The van der Waals surface area contributed by atoms with Crippen molar-refractivity contribution in [2.75, 3.05) is 6.00 Å². The maximum atomic E-state index is 12.2. The largest absolute Gasteiger partial charge is 0.326 e. The van der Waals surface area contributed by atoms with Crippen LogP contribution in [0.4, 0.5) is 0 Å². The Bertz CT molecular complexity index is 235. The van der Waals surface area contributed by atoms with Crippen LogP contribution in [0.1, 0.15) is 45.4 Å². The number of carbonyl (C=O) groups excluding carboxylic acids is 1. The highest BCUT2D eigenvalue weighted by Crippen LogP contribution is 2.47. The van der Waals surface area contributed by atoms with E-state index in [1.165, 1.54) is 19.3 Å². The Hall–Kier alpha value is -0.240. The summed E-state index contributed by atoms with van der Waals surface area (Å²) in [6.45, 7) is 2.11. The van der Waals surface area contributed by atoms with E-state index >= 15 is 0 Å². The predicted octanol–water partition coefficient (Wildman–Crippen LogP) is 2.75. The van der Waals surface area contributed by atoms with Gasteiger partial charge in [0.25, 0.3) is 0 Å². The summed E-state index contributed by atoms with van der Waals surface area (Å²) in [5.74, 6) is 0.319. The van der Waals surface area contributed by atoms with Crippen LogP contribution in [0.3, 0.4) is 0 Å². The topological polar surface area (TPSA) is 20.3 Å². The molecule has 0 radical (unpaired) electrons. The molecule has 0 bridgehead atoms. The number of likely N-dealkylation sites (tertiary alicyclic amines) is 1. The average molecular weight is 216 g/mol. The second-order valence-electron chi connectivity index (χ2n) is 4.79. The molecule has 0 aromatic heterocycles. The van der Waals surface area contributed by atoms with Crippen LogP contribution in [-0.2, 0) is 4.79 Å². The van der Waals surface area contributed by atoms with Gasteiger partial charge in [-0.25, -0.2) is 0 Å². The maximum absolute atomic E-state index is 12.2. The molecule has 80 valence electrons. The van der Waals surface area contributed by atoms with E-state index in [4.69, 9.17) is 11.6 Å². The first-order valence-corrected chi connectivity index (χ1v) is 6.10. The third-order valence-corrected chi connectivity index (χ3v) is 4.13. The molecular weight excluding hydrogens is 198 g/mol. The van der Waals surface area contributed by atoms with E-state index in [1.807, 2.05) is 4.90 Å². The molecule has 2 nitrogen and oxygen atoms in total. The molecule has 14 heavy (non-hydrogen) atoms. The Kier molecular flexibility index (Phi) is 2.74. The lowest BCUT2D eigenvalue weighted by molar-refractivity contribution is -0.137. The number of carbonyl (C=O) groups is 1. The fourth-order valence-corrected chi connectivity index (χ4v) is 3.43. The molecule has 0 N–H and O–H groups in total. The second kappa shape index (κ2) is 3.73. The number of amides is 1. The summed E-state index contributed by atoms with van der Waals surface area (Å²) in [6.07, 6.45) is 6.93. The van der Waals surface area contributed by atoms with E-state index in [1.54, 1.807) is 0 Å². The third-order valence-electron chi connectivity index (χ3n) is 3.87. The smallest absolute Gasteiger partial charge is 0.230 e. The van der Waals surface area contributed by atoms with Crippen molar-refractivity contribution in [1.29, 1.82) is 0 Å². The van der Waals surface area contributed by atoms with Gasteiger partial charge in [-0.15, -0.1) is 11.6 Å². The minimum absolute atomic E-state index is 0.0213. The van der Waals surface area contributed by atoms with E-state index in [0.29, 0.717) is 18.0 Å². The molecule has 1 heterocycles. The molecule has 2 aliphatic rings. The van der Waals surface area contributed by atoms with Crippen LogP contribution in [0.25, 0.3) is 0 Å². The molecule has 1 aliphatic carbocycles. The number of nitrogens with zero attached hydrogens (tertiary/aromatic N) is 1. The van der Waals surface area contributed by atoms with E-state index in [-0.39, 0.29) is 5.41 Å². The van der Waals surface area contributed by atoms with Crippen LogP contribution in [0, 0.1) is 5.41 Å². The lowest BCUT2D eigenvalue weighted by Gasteiger charge is -2.31. The van der Waals surface area contributed by atoms with Crippen molar-refractivity contribution in [2.45, 2.75) is 51.5 Å². The standard InChI is InChI=1S/C11H18ClNO/c1-9-7-11(5-3-2-4-6-11)10(14)13(9)8-12/h9H,2-8H2,1H3. The van der Waals surface area contributed by atoms with Crippen LogP contribution in [0.5, 0.6) is 0 Å². The van der Waals surface area contributed by atoms with Crippen molar-refractivity contribution >= 4 is 17.5 Å². The number of hydrogen-bond donors (Lipinski definition) is 0. The Morgan fingerprint density at radius 3 is 2.57 bits per heavy atom. The van der Waals surface area contributed by atoms with Gasteiger partial charge in [0.15, 0.2) is 0 Å². The van der Waals surface area contributed by atoms with Crippen molar-refractivity contribution in [3.8, 4) is 0 Å². The van der Waals surface area contributed by atoms with E-state index in [2.05, 4.69) is 6.92 Å². The zero-order chi connectivity index (χ0) is 10.2. The molecule has 1 atom stereocenters. The Labute approximate surface area is 90.6 Å². The average Bonchev–Trinajstić information content (AvgIpc) is 2.40. The Morgan fingerprint density at radius 1 is 1.43 bits per heavy atom. The molecule has 1 unspecified atom stereocenters. The normalized spacial score (nSPS) is 31.4. The monoisotopic (exact) mass is 215 g/mol. The molecule has 3 heteroatoms. The lowest BCUT2D eigenvalue weighted by atomic mass is 9.72. The van der Waals surface area contributed by atoms with Gasteiger partial charge in [0.05, 0.1) is 11.4 Å². The van der Waals surface area contributed by atoms with E-state index in [0.717, 1.165) is 19.3 Å². The Morgan fingerprint density at radius 2 is 2.07 bits per heavy atom. The van der Waals surface area contributed by atoms with Gasteiger partial charge in [-0.05, 0) is 26.2 Å². The van der Waals surface area contributed by atoms with Gasteiger partial charge in [-0.2, -0.15) is 0 Å². The Balaban J connectivity index is 2.17. The first-order chi connectivity index (χ1) is 6.69. The van der Waals surface area contributed by atoms with Crippen LogP contribution >= 0.6 is 11.6 Å². The fraction of sp³-hybridized carbons (Fsp3) is 0.909. The fourth-order valence-electron chi connectivity index (χ4n) is 3.09. The summed E-state index contributed by atoms with van der Waals surface area (Å²) in [5, 5.41) is 0. The SMILES string of the molecule is CC1CC2(CCCCC2)C(=O)N1CCl. The highest BCUT2D eigenvalue weighted by Gasteiger charge is 2.49. The summed E-state index contributed by atoms with van der Waals surface area (Å²) >= 11 is 5.81. The molecule has 1 aliphatic heterocycles. The molecular formula is C11H18ClNO. The highest BCUT2D eigenvalue weighted by molar-refractivity contribution is 6.18. The number of hydrogen-bond acceptors (Lipinski definition) is 1. The summed E-state index contributed by atoms with van der Waals surface area (Å²) < 4.78 is 0. The third kappa shape index (κ3) is 1.44. The van der Waals surface area contributed by atoms with Gasteiger partial charge in [-0.3, -0.25) is 4.79 Å². The van der Waals surface area contributed by atoms with Gasteiger partial charge in [0.1, 0.15) is 0 Å². The quantitative estimate of drug-likeness (QED) is 0.487. The molecule has 1 spiro atoms. The highest BCUT2D eigenvalue weighted by atomic mass is 35.5. The van der Waals surface area contributed by atoms with Gasteiger partial charge in [0, 0.05) is 6.04 Å². The van der Waals surface area contributed by atoms with Gasteiger partial charge in [-0.1, -0.05) is 19.3 Å². The summed E-state index contributed by atoms with van der Waals surface area (Å²) in [7, 11) is 0. The molecule has 2 fully saturated rings. The van der Waals surface area contributed by atoms with Gasteiger partial charge < -0.3 is 4.90 Å². The molecule has 2 rings (SSSR count). The number of rotatable bonds is 1. The van der Waals surface area contributed by atoms with Crippen molar-refractivity contribution < 1.29 is 4.79 Å². The molecule has 0 aromatic rings. The van der Waals surface area contributed by atoms with Crippen molar-refractivity contribution in [2.24, 2.45) is 5.41 Å². The molecule has 1 saturated carbocycles. The van der Waals surface area contributed by atoms with Crippen LogP contribution in [0.2, 0.25) is 0 Å². The van der Waals surface area contributed by atoms with Gasteiger partial charge >= 0.3 is 0 Å². The second-order valence-corrected chi connectivity index (χ2v) is 5.03. The van der Waals surface area contributed by atoms with Gasteiger partial charge in [0.2, 0.25) is 5.91 Å². The summed E-state index contributed by atoms with van der Waals surface area (Å²) in [5.41, 5.74) is -0.0213. The number of alkyl halides is 1. The molecule has 1 amide bonds. The van der Waals surface area contributed by atoms with Crippen LogP contribution < -0.4 is 0 Å². The maximum Gasteiger partial charge on any atom is 0.230 e. The van der Waals surface area contributed by atoms with Crippen molar-refractivity contribution in [1.82, 2.24) is 4.90 Å². The van der Waals surface area contributed by atoms with Crippen molar-refractivity contribution in [3.05, 3.63) is 0 Å². The molecule has 0 aromatic carbocycles. The minimum atomic E-state index is -0.0213. The summed E-state index contributed by atoms with van der Waals surface area (Å²) in [6, 6.07) is 0.708. The lowest BCUT2D eigenvalue weighted by Crippen LogP contribution is -2.36. The van der Waals surface area contributed by atoms with Crippen LogP contribution in [-0.4, -0.2) is 22.9 Å². The predicted molar refractivity (Wildman–Crippen MR) is 57.2 cm³/mol. The van der Waals surface area contributed by atoms with Crippen LogP contribution in [0.15, 0.2) is 0 Å². The first kappa shape index (κ1) is 10.3. The van der Waals surface area contributed by atoms with E-state index in [9.17, 15) is 4.79 Å². The minimum Gasteiger partial charge on any atom is -0.326 e. The zero-order valence-corrected chi connectivity index (χ0v) is 9.52. The van der Waals surface area contributed by atoms with E-state index < -0.39 is 0 Å². The number of halogens is 1. The van der Waals surface area contributed by atoms with Crippen molar-refractivity contribution in [3.63, 3.8) is 0 Å². The molecule has 1 saturated heterocycles. The first-order valence-electron chi connectivity index (χ1n) is 5.57. The zero-order valence-electron chi connectivity index (χ0n) is 8.76. The summed E-state index contributed by atoms with van der Waals surface area (Å²) in [4.78, 5) is 14.0.